The summed E-state index contributed by atoms with van der Waals surface area (Å²) < 4.78 is 0. The number of phenolic OH excluding ortho intramolecular Hbond substituents is 1. The summed E-state index contributed by atoms with van der Waals surface area (Å²) in [6.45, 7) is 1.82. The number of hydrogen-bond donors (Lipinski definition) is 4. The number of carboxylic acid groups (broad SMARTS) is 1. The molecule has 0 saturated heterocycles. The molecular weight excluding hydrogens is 392 g/mol. The van der Waals surface area contributed by atoms with Crippen molar-refractivity contribution in [2.45, 2.75) is 63.0 Å². The second kappa shape index (κ2) is 11.4. The average molecular weight is 423 g/mol. The van der Waals surface area contributed by atoms with Crippen LogP contribution in [0.15, 0.2) is 42.5 Å². The Hall–Kier alpha value is -1.82. The second-order valence-corrected chi connectivity index (χ2v) is 8.39. The van der Waals surface area contributed by atoms with Crippen molar-refractivity contribution in [1.29, 1.82) is 0 Å². The number of carboxylic acids is 1. The number of aliphatic carboxylic acids is 1. The minimum absolute atomic E-state index is 0.0711. The van der Waals surface area contributed by atoms with E-state index in [1.165, 1.54) is 0 Å². The van der Waals surface area contributed by atoms with E-state index in [9.17, 15) is 20.1 Å². The summed E-state index contributed by atoms with van der Waals surface area (Å²) >= 11 is 6.44. The summed E-state index contributed by atoms with van der Waals surface area (Å²) in [7, 11) is 0. The van der Waals surface area contributed by atoms with E-state index in [2.05, 4.69) is 0 Å². The number of phenols is 1. The van der Waals surface area contributed by atoms with Crippen molar-refractivity contribution >= 4 is 17.6 Å². The van der Waals surface area contributed by atoms with Gasteiger partial charge in [-0.15, -0.1) is 11.6 Å². The SMILES string of the molecule is Cc1cc(C[C@H](O)/C=C/[C@@H]2[C@@H](C/C=C\CCCC(=O)O)[C@H](Cl)C[C@H]2O)ccc1O. The number of hydrogen-bond acceptors (Lipinski definition) is 4. The fourth-order valence-corrected chi connectivity index (χ4v) is 4.27. The van der Waals surface area contributed by atoms with Crippen molar-refractivity contribution in [2.75, 3.05) is 0 Å². The van der Waals surface area contributed by atoms with Crippen LogP contribution in [-0.2, 0) is 11.2 Å². The van der Waals surface area contributed by atoms with E-state index in [1.54, 1.807) is 18.2 Å². The van der Waals surface area contributed by atoms with Crippen LogP contribution in [0, 0.1) is 18.8 Å². The molecule has 4 N–H and O–H groups in total. The lowest BCUT2D eigenvalue weighted by atomic mass is 9.90. The lowest BCUT2D eigenvalue weighted by molar-refractivity contribution is -0.137. The van der Waals surface area contributed by atoms with Crippen LogP contribution in [0.5, 0.6) is 5.75 Å². The maximum Gasteiger partial charge on any atom is 0.303 e. The fourth-order valence-electron chi connectivity index (χ4n) is 3.82. The van der Waals surface area contributed by atoms with Gasteiger partial charge in [-0.3, -0.25) is 4.79 Å². The summed E-state index contributed by atoms with van der Waals surface area (Å²) in [5.41, 5.74) is 1.70. The molecule has 0 amide bonds. The first-order valence-electron chi connectivity index (χ1n) is 10.1. The number of carbonyl (C=O) groups is 1. The standard InChI is InChI=1S/C23H31ClO5/c1-15-12-16(8-11-21(15)26)13-17(25)9-10-19-18(20(24)14-22(19)27)6-4-2-3-5-7-23(28)29/h2,4,8-12,17-20,22,25-27H,3,5-7,13-14H2,1H3,(H,28,29)/b4-2-,10-9+/t17-,18-,19-,20-,22-/m1/s1. The second-order valence-electron chi connectivity index (χ2n) is 7.83. The molecule has 0 spiro atoms. The number of allylic oxidation sites excluding steroid dienone is 2. The smallest absolute Gasteiger partial charge is 0.303 e. The van der Waals surface area contributed by atoms with Gasteiger partial charge < -0.3 is 20.4 Å². The van der Waals surface area contributed by atoms with Crippen LogP contribution in [-0.4, -0.2) is 44.0 Å². The molecule has 1 saturated carbocycles. The van der Waals surface area contributed by atoms with Gasteiger partial charge in [-0.2, -0.15) is 0 Å². The van der Waals surface area contributed by atoms with E-state index >= 15 is 0 Å². The number of alkyl halides is 1. The van der Waals surface area contributed by atoms with Gasteiger partial charge in [0.15, 0.2) is 0 Å². The molecule has 1 aromatic carbocycles. The van der Waals surface area contributed by atoms with Crippen molar-refractivity contribution in [3.05, 3.63) is 53.6 Å². The number of aliphatic hydroxyl groups excluding tert-OH is 2. The minimum Gasteiger partial charge on any atom is -0.508 e. The van der Waals surface area contributed by atoms with Crippen LogP contribution < -0.4 is 0 Å². The van der Waals surface area contributed by atoms with Crippen LogP contribution in [0.4, 0.5) is 0 Å². The molecule has 2 rings (SSSR count). The Kier molecular flexibility index (Phi) is 9.21. The number of unbranched alkanes of at least 4 members (excludes halogenated alkanes) is 1. The van der Waals surface area contributed by atoms with Crippen LogP contribution in [0.2, 0.25) is 0 Å². The average Bonchev–Trinajstić information content (AvgIpc) is 2.92. The molecule has 0 bridgehead atoms. The highest BCUT2D eigenvalue weighted by Gasteiger charge is 2.39. The molecule has 29 heavy (non-hydrogen) atoms. The molecule has 0 radical (unpaired) electrons. The van der Waals surface area contributed by atoms with E-state index < -0.39 is 18.2 Å². The maximum atomic E-state index is 10.5. The summed E-state index contributed by atoms with van der Waals surface area (Å²) in [5.74, 6) is -0.608. The molecular formula is C23H31ClO5. The summed E-state index contributed by atoms with van der Waals surface area (Å²) in [6, 6.07) is 5.26. The molecule has 6 heteroatoms. The molecule has 0 aliphatic heterocycles. The number of halogens is 1. The minimum atomic E-state index is -0.788. The van der Waals surface area contributed by atoms with Gasteiger partial charge in [0.1, 0.15) is 5.75 Å². The highest BCUT2D eigenvalue weighted by atomic mass is 35.5. The molecule has 1 fully saturated rings. The van der Waals surface area contributed by atoms with Crippen molar-refractivity contribution in [3.63, 3.8) is 0 Å². The molecule has 1 aromatic rings. The molecule has 5 nitrogen and oxygen atoms in total. The highest BCUT2D eigenvalue weighted by Crippen LogP contribution is 2.39. The monoisotopic (exact) mass is 422 g/mol. The first-order chi connectivity index (χ1) is 13.8. The predicted molar refractivity (Wildman–Crippen MR) is 114 cm³/mol. The van der Waals surface area contributed by atoms with Gasteiger partial charge in [-0.05, 0) is 55.7 Å². The fraction of sp³-hybridized carbons (Fsp3) is 0.522. The number of aromatic hydroxyl groups is 1. The Balaban J connectivity index is 1.90. The van der Waals surface area contributed by atoms with Gasteiger partial charge in [-0.25, -0.2) is 0 Å². The third-order valence-corrected chi connectivity index (χ3v) is 5.97. The molecule has 5 atom stereocenters. The Morgan fingerprint density at radius 1 is 1.34 bits per heavy atom. The van der Waals surface area contributed by atoms with E-state index in [-0.39, 0.29) is 29.4 Å². The zero-order valence-electron chi connectivity index (χ0n) is 16.7. The normalized spacial score (nSPS) is 25.8. The van der Waals surface area contributed by atoms with Crippen molar-refractivity contribution in [1.82, 2.24) is 0 Å². The van der Waals surface area contributed by atoms with Gasteiger partial charge >= 0.3 is 5.97 Å². The molecule has 0 heterocycles. The molecule has 160 valence electrons. The summed E-state index contributed by atoms with van der Waals surface area (Å²) in [6.07, 6.45) is 9.47. The van der Waals surface area contributed by atoms with E-state index in [0.717, 1.165) is 11.1 Å². The quantitative estimate of drug-likeness (QED) is 0.260. The van der Waals surface area contributed by atoms with Crippen LogP contribution in [0.25, 0.3) is 0 Å². The van der Waals surface area contributed by atoms with Gasteiger partial charge in [0.2, 0.25) is 0 Å². The Bertz CT molecular complexity index is 730. The van der Waals surface area contributed by atoms with Crippen molar-refractivity contribution < 1.29 is 25.2 Å². The predicted octanol–water partition coefficient (Wildman–Crippen LogP) is 3.97. The maximum absolute atomic E-state index is 10.5. The van der Waals surface area contributed by atoms with Crippen LogP contribution in [0.3, 0.4) is 0 Å². The first-order valence-corrected chi connectivity index (χ1v) is 10.6. The summed E-state index contributed by atoms with van der Waals surface area (Å²) in [5, 5.41) is 38.8. The Labute approximate surface area is 177 Å². The van der Waals surface area contributed by atoms with Crippen molar-refractivity contribution in [3.8, 4) is 5.75 Å². The van der Waals surface area contributed by atoms with Gasteiger partial charge in [0, 0.05) is 24.1 Å². The van der Waals surface area contributed by atoms with Crippen LogP contribution >= 0.6 is 11.6 Å². The van der Waals surface area contributed by atoms with E-state index in [1.807, 2.05) is 31.2 Å². The molecule has 1 aliphatic rings. The van der Waals surface area contributed by atoms with Gasteiger partial charge in [0.05, 0.1) is 12.2 Å². The Morgan fingerprint density at radius 3 is 2.79 bits per heavy atom. The third kappa shape index (κ3) is 7.50. The lowest BCUT2D eigenvalue weighted by Gasteiger charge is -2.19. The van der Waals surface area contributed by atoms with E-state index in [4.69, 9.17) is 16.7 Å². The molecule has 1 aliphatic carbocycles. The number of aliphatic hydroxyl groups is 2. The van der Waals surface area contributed by atoms with Crippen LogP contribution in [0.1, 0.15) is 43.2 Å². The third-order valence-electron chi connectivity index (χ3n) is 5.47. The highest BCUT2D eigenvalue weighted by molar-refractivity contribution is 6.21. The number of benzene rings is 1. The molecule has 0 unspecified atom stereocenters. The topological polar surface area (TPSA) is 98.0 Å². The lowest BCUT2D eigenvalue weighted by Crippen LogP contribution is -2.19. The largest absolute Gasteiger partial charge is 0.508 e. The zero-order chi connectivity index (χ0) is 21.4. The number of aryl methyl sites for hydroxylation is 1. The van der Waals surface area contributed by atoms with E-state index in [0.29, 0.717) is 32.1 Å². The Morgan fingerprint density at radius 2 is 2.10 bits per heavy atom. The first kappa shape index (κ1) is 23.5. The molecule has 0 aromatic heterocycles. The van der Waals surface area contributed by atoms with Gasteiger partial charge in [0.25, 0.3) is 0 Å². The van der Waals surface area contributed by atoms with Crippen molar-refractivity contribution in [2.24, 2.45) is 11.8 Å². The number of rotatable bonds is 10. The van der Waals surface area contributed by atoms with Gasteiger partial charge in [-0.1, -0.05) is 36.4 Å². The zero-order valence-corrected chi connectivity index (χ0v) is 17.5. The summed E-state index contributed by atoms with van der Waals surface area (Å²) in [4.78, 5) is 10.5.